The molecule has 0 aromatic carbocycles. The Morgan fingerprint density at radius 3 is 1.34 bits per heavy atom. The van der Waals surface area contributed by atoms with Crippen LogP contribution in [0.15, 0.2) is 0 Å². The first kappa shape index (κ1) is 65.4. The summed E-state index contributed by atoms with van der Waals surface area (Å²) in [6.45, 7) is -13.1. The van der Waals surface area contributed by atoms with Crippen LogP contribution in [0.3, 0.4) is 0 Å². The fourth-order valence-corrected chi connectivity index (χ4v) is 17.7. The van der Waals surface area contributed by atoms with E-state index in [2.05, 4.69) is 21.6 Å². The van der Waals surface area contributed by atoms with Crippen LogP contribution in [-0.2, 0) is 102 Å². The molecule has 410 valence electrons. The van der Waals surface area contributed by atoms with Gasteiger partial charge in [-0.05, 0) is 71.1 Å². The molecular formula is C34H63B6N5O20P6S3. The van der Waals surface area contributed by atoms with Crippen molar-refractivity contribution in [3.63, 3.8) is 0 Å². The third kappa shape index (κ3) is 18.9. The first-order chi connectivity index (χ1) is 34.5. The monoisotopic (exact) mass is 1210 g/mol. The molecule has 6 fully saturated rings. The van der Waals surface area contributed by atoms with Gasteiger partial charge in [0.15, 0.2) is 0 Å². The third-order valence-corrected chi connectivity index (χ3v) is 22.4. The van der Waals surface area contributed by atoms with Crippen molar-refractivity contribution < 1.29 is 93.2 Å². The summed E-state index contributed by atoms with van der Waals surface area (Å²) >= 11 is 14.6. The summed E-state index contributed by atoms with van der Waals surface area (Å²) in [6, 6.07) is -4.93. The Labute approximate surface area is 459 Å². The van der Waals surface area contributed by atoms with Crippen LogP contribution >= 0.6 is 57.2 Å². The number of aliphatic hydroxyl groups excluding tert-OH is 1. The topological polar surface area (TPSA) is 257 Å². The van der Waals surface area contributed by atoms with Gasteiger partial charge in [0.1, 0.15) is 65.4 Å². The maximum absolute atomic E-state index is 14.8. The van der Waals surface area contributed by atoms with Gasteiger partial charge in [-0.1, -0.05) is 21.6 Å². The van der Waals surface area contributed by atoms with Crippen LogP contribution in [0.25, 0.3) is 0 Å². The lowest BCUT2D eigenvalue weighted by Gasteiger charge is -2.44. The van der Waals surface area contributed by atoms with Gasteiger partial charge in [-0.25, -0.2) is 23.2 Å². The molecule has 21 atom stereocenters. The summed E-state index contributed by atoms with van der Waals surface area (Å²) in [5.74, 6) is 0. The summed E-state index contributed by atoms with van der Waals surface area (Å²) in [4.78, 5) is 22.0. The van der Waals surface area contributed by atoms with Crippen molar-refractivity contribution in [2.75, 3.05) is 107 Å². The van der Waals surface area contributed by atoms with E-state index in [0.717, 1.165) is 0 Å². The summed E-state index contributed by atoms with van der Waals surface area (Å²) in [5, 5.41) is 9.56. The molecule has 12 radical (unpaired) electrons. The molecule has 0 spiro atoms. The highest BCUT2D eigenvalue weighted by atomic mass is 32.7. The first-order valence-electron chi connectivity index (χ1n) is 23.4. The highest BCUT2D eigenvalue weighted by Gasteiger charge is 2.47. The second-order valence-electron chi connectivity index (χ2n) is 18.6. The molecule has 6 aliphatic rings. The molecule has 0 saturated carbocycles. The lowest BCUT2D eigenvalue weighted by molar-refractivity contribution is -0.0671. The molecule has 0 amide bonds. The molecule has 6 heterocycles. The maximum atomic E-state index is 14.8. The van der Waals surface area contributed by atoms with Gasteiger partial charge in [-0.3, -0.25) is 22.8 Å². The van der Waals surface area contributed by atoms with Gasteiger partial charge in [0.25, 0.3) is 0 Å². The van der Waals surface area contributed by atoms with Gasteiger partial charge in [0, 0.05) is 75.3 Å². The molecule has 6 rings (SSSR count). The molecule has 0 aromatic rings. The zero-order chi connectivity index (χ0) is 54.6. The quantitative estimate of drug-likeness (QED) is 0.0472. The SMILES string of the molecule is [B][C@H]1CN(P)CC(COP(=O)(N(C)C)N2CC(COP(=O)(N(C)C)N3C[C@@H](COP(O)(=S)O[C@H]4C[C@H]([B])OC4COP(=O)(S)O[C@H]4C[C@H]([B])OC4COP(O)(=S)O[C@H]4C[C@H]([B])OC4CO)O[C@@H]([B])C3)O[C@@H]([B])C2)O1. The Kier molecular flexibility index (Phi) is 25.0. The summed E-state index contributed by atoms with van der Waals surface area (Å²) in [6.07, 6.45) is -7.68. The predicted molar refractivity (Wildman–Crippen MR) is 288 cm³/mol. The molecule has 11 unspecified atom stereocenters. The second kappa shape index (κ2) is 28.2. The average Bonchev–Trinajstić information content (AvgIpc) is 3.96. The second-order valence-corrected chi connectivity index (χ2v) is 33.0. The van der Waals surface area contributed by atoms with Crippen molar-refractivity contribution in [3.8, 4) is 0 Å². The van der Waals surface area contributed by atoms with Gasteiger partial charge in [0.05, 0.1) is 76.3 Å². The van der Waals surface area contributed by atoms with Crippen LogP contribution in [0.2, 0.25) is 0 Å². The molecule has 74 heavy (non-hydrogen) atoms. The molecule has 40 heteroatoms. The van der Waals surface area contributed by atoms with E-state index in [9.17, 15) is 28.6 Å². The Bertz CT molecular complexity index is 2090. The Morgan fingerprint density at radius 2 is 0.905 bits per heavy atom. The molecule has 6 aliphatic heterocycles. The van der Waals surface area contributed by atoms with Crippen LogP contribution in [0, 0.1) is 0 Å². The minimum absolute atomic E-state index is 0.00778. The van der Waals surface area contributed by atoms with E-state index in [1.807, 2.05) is 4.67 Å². The zero-order valence-electron chi connectivity index (χ0n) is 41.3. The van der Waals surface area contributed by atoms with Crippen LogP contribution < -0.4 is 0 Å². The molecule has 25 nitrogen and oxygen atoms in total. The lowest BCUT2D eigenvalue weighted by atomic mass is 9.96. The van der Waals surface area contributed by atoms with E-state index in [-0.39, 0.29) is 65.3 Å². The van der Waals surface area contributed by atoms with E-state index in [1.165, 1.54) is 14.0 Å². The van der Waals surface area contributed by atoms with Gasteiger partial charge in [-0.2, -0.15) is 0 Å². The summed E-state index contributed by atoms with van der Waals surface area (Å²) < 4.78 is 131. The molecule has 0 bridgehead atoms. The highest BCUT2D eigenvalue weighted by molar-refractivity contribution is 8.44. The number of thiol groups is 1. The van der Waals surface area contributed by atoms with Gasteiger partial charge in [0.2, 0.25) is 0 Å². The van der Waals surface area contributed by atoms with Crippen molar-refractivity contribution in [3.05, 3.63) is 0 Å². The number of hydrogen-bond donors (Lipinski definition) is 4. The molecular weight excluding hydrogens is 1150 g/mol. The Balaban J connectivity index is 0.986. The minimum atomic E-state index is -4.23. The molecule has 0 aliphatic carbocycles. The smallest absolute Gasteiger partial charge is 0.386 e. The summed E-state index contributed by atoms with van der Waals surface area (Å²) in [7, 11) is 37.8. The normalized spacial score (nSPS) is 39.1. The van der Waals surface area contributed by atoms with Gasteiger partial charge < -0.3 is 70.5 Å². The number of nitrogens with zero attached hydrogens (tertiary/aromatic N) is 5. The van der Waals surface area contributed by atoms with E-state index < -0.39 is 146 Å². The molecule has 0 aromatic heterocycles. The highest BCUT2D eigenvalue weighted by Crippen LogP contribution is 2.58. The fraction of sp³-hybridized carbons (Fsp3) is 1.00. The average molecular weight is 1210 g/mol. The van der Waals surface area contributed by atoms with Crippen molar-refractivity contribution >= 4 is 128 Å². The number of morpholine rings is 3. The van der Waals surface area contributed by atoms with Crippen molar-refractivity contribution in [2.24, 2.45) is 0 Å². The first-order valence-corrected chi connectivity index (χ1v) is 34.8. The largest absolute Gasteiger partial charge is 0.394 e. The van der Waals surface area contributed by atoms with E-state index >= 15 is 0 Å². The van der Waals surface area contributed by atoms with Crippen molar-refractivity contribution in [1.82, 2.24) is 23.4 Å². The number of rotatable bonds is 26. The summed E-state index contributed by atoms with van der Waals surface area (Å²) in [5.41, 5.74) is 0. The number of aliphatic hydroxyl groups is 1. The van der Waals surface area contributed by atoms with Gasteiger partial charge in [-0.15, -0.1) is 0 Å². The molecule has 3 N–H and O–H groups in total. The van der Waals surface area contributed by atoms with Crippen molar-refractivity contribution in [2.45, 2.75) is 110 Å². The Morgan fingerprint density at radius 1 is 0.541 bits per heavy atom. The maximum Gasteiger partial charge on any atom is 0.386 e. The van der Waals surface area contributed by atoms with E-state index in [1.54, 1.807) is 32.9 Å². The van der Waals surface area contributed by atoms with Crippen LogP contribution in [0.4, 0.5) is 0 Å². The Hall–Kier alpha value is 2.28. The van der Waals surface area contributed by atoms with E-state index in [4.69, 9.17) is 135 Å². The third-order valence-electron chi connectivity index (χ3n) is 12.0. The zero-order valence-corrected chi connectivity index (χ0v) is 49.5. The van der Waals surface area contributed by atoms with E-state index in [0.29, 0.717) is 13.1 Å². The van der Waals surface area contributed by atoms with Gasteiger partial charge >= 0.3 is 35.6 Å². The van der Waals surface area contributed by atoms with Crippen molar-refractivity contribution in [1.29, 1.82) is 0 Å². The molecule has 6 saturated heterocycles. The van der Waals surface area contributed by atoms with Crippen LogP contribution in [0.5, 0.6) is 0 Å². The number of hydrogen-bond acceptors (Lipinski definition) is 21. The standard InChI is InChI=1S/C34H63B6N5O20P6S3/c1-41(2)67(47,52-15-20-8-43(66)11-32(38)57-20)44-9-21(58-33(39)12-44)16-53-68(48,42(3)4)45-10-22(59-34(40)13-45)17-54-69(49,72)64-24-6-30(36)61-27(24)19-56-71(51,74)65-25-7-31(37)62-28(25)18-55-70(50,73)63-23-5-29(35)60-26(23)14-46/h20-34,46H,5-19,66H2,1-4H3,(H,49,72)(H,50,73)(H,51,74)/t20?,21?,22-,23-,24-,25-,26?,27?,28?,29+,30+,31+,32+,33+,34+,67?,68?,69?,70?,71?/m0/s1. The van der Waals surface area contributed by atoms with Crippen LogP contribution in [0.1, 0.15) is 19.3 Å². The fourth-order valence-electron chi connectivity index (χ4n) is 8.70. The van der Waals surface area contributed by atoms with Crippen LogP contribution in [-0.4, -0.2) is 283 Å². The minimum Gasteiger partial charge on any atom is -0.394 e. The predicted octanol–water partition coefficient (Wildman–Crippen LogP) is -0.745. The lowest BCUT2D eigenvalue weighted by Crippen LogP contribution is -2.51. The number of ether oxygens (including phenoxy) is 6.